The van der Waals surface area contributed by atoms with Crippen molar-refractivity contribution in [3.05, 3.63) is 16.6 Å². The Hall–Kier alpha value is -0.310. The van der Waals surface area contributed by atoms with E-state index in [0.717, 1.165) is 10.4 Å². The standard InChI is InChI=1S/C7H9BrN2/c8-6-4-9-7(10-6)5-2-1-3-5/h4-5H,1-3H2,(H,9,10). The molecule has 0 aromatic carbocycles. The van der Waals surface area contributed by atoms with Crippen molar-refractivity contribution in [3.8, 4) is 0 Å². The minimum atomic E-state index is 0.714. The quantitative estimate of drug-likeness (QED) is 0.742. The lowest BCUT2D eigenvalue weighted by molar-refractivity contribution is 0.404. The van der Waals surface area contributed by atoms with Gasteiger partial charge in [0.05, 0.1) is 6.20 Å². The van der Waals surface area contributed by atoms with Crippen molar-refractivity contribution >= 4 is 15.9 Å². The van der Waals surface area contributed by atoms with E-state index in [4.69, 9.17) is 0 Å². The number of H-pyrrole nitrogens is 1. The molecule has 2 nitrogen and oxygen atoms in total. The van der Waals surface area contributed by atoms with Crippen LogP contribution in [0.3, 0.4) is 0 Å². The van der Waals surface area contributed by atoms with Gasteiger partial charge in [-0.3, -0.25) is 0 Å². The Morgan fingerprint density at radius 3 is 2.80 bits per heavy atom. The van der Waals surface area contributed by atoms with E-state index in [9.17, 15) is 0 Å². The first kappa shape index (κ1) is 6.40. The molecule has 0 bridgehead atoms. The third-order valence-corrected chi connectivity index (χ3v) is 2.46. The molecule has 10 heavy (non-hydrogen) atoms. The zero-order valence-electron chi connectivity index (χ0n) is 5.60. The van der Waals surface area contributed by atoms with E-state index in [2.05, 4.69) is 25.9 Å². The van der Waals surface area contributed by atoms with Gasteiger partial charge in [-0.05, 0) is 28.8 Å². The SMILES string of the molecule is Brc1cnc(C2CCC2)[nH]1. The average molecular weight is 201 g/mol. The Kier molecular flexibility index (Phi) is 1.52. The molecule has 1 fully saturated rings. The molecule has 1 aromatic heterocycles. The predicted molar refractivity (Wildman–Crippen MR) is 42.9 cm³/mol. The van der Waals surface area contributed by atoms with Gasteiger partial charge in [-0.2, -0.15) is 0 Å². The number of aromatic nitrogens is 2. The summed E-state index contributed by atoms with van der Waals surface area (Å²) in [5, 5.41) is 0. The van der Waals surface area contributed by atoms with Gasteiger partial charge in [-0.25, -0.2) is 4.98 Å². The van der Waals surface area contributed by atoms with Crippen LogP contribution in [0.4, 0.5) is 0 Å². The molecule has 0 unspecified atom stereocenters. The lowest BCUT2D eigenvalue weighted by atomic mass is 9.85. The highest BCUT2D eigenvalue weighted by Gasteiger charge is 2.21. The van der Waals surface area contributed by atoms with E-state index in [1.54, 1.807) is 0 Å². The molecule has 0 spiro atoms. The van der Waals surface area contributed by atoms with Gasteiger partial charge >= 0.3 is 0 Å². The number of imidazole rings is 1. The number of nitrogens with one attached hydrogen (secondary N) is 1. The van der Waals surface area contributed by atoms with Crippen LogP contribution in [0.15, 0.2) is 10.8 Å². The van der Waals surface area contributed by atoms with Crippen molar-refractivity contribution in [2.24, 2.45) is 0 Å². The fraction of sp³-hybridized carbons (Fsp3) is 0.571. The second kappa shape index (κ2) is 2.38. The van der Waals surface area contributed by atoms with Crippen molar-refractivity contribution in [2.45, 2.75) is 25.2 Å². The van der Waals surface area contributed by atoms with Crippen molar-refractivity contribution in [3.63, 3.8) is 0 Å². The maximum Gasteiger partial charge on any atom is 0.110 e. The maximum absolute atomic E-state index is 4.24. The highest BCUT2D eigenvalue weighted by molar-refractivity contribution is 9.10. The molecule has 1 aliphatic rings. The van der Waals surface area contributed by atoms with Crippen molar-refractivity contribution in [2.75, 3.05) is 0 Å². The van der Waals surface area contributed by atoms with E-state index in [1.165, 1.54) is 19.3 Å². The number of hydrogen-bond donors (Lipinski definition) is 1. The summed E-state index contributed by atoms with van der Waals surface area (Å²) in [6, 6.07) is 0. The molecule has 1 aliphatic carbocycles. The summed E-state index contributed by atoms with van der Waals surface area (Å²) < 4.78 is 0.995. The minimum absolute atomic E-state index is 0.714. The summed E-state index contributed by atoms with van der Waals surface area (Å²) in [6.07, 6.45) is 5.80. The van der Waals surface area contributed by atoms with Gasteiger partial charge < -0.3 is 4.98 Å². The Balaban J connectivity index is 2.17. The number of aromatic amines is 1. The van der Waals surface area contributed by atoms with E-state index in [-0.39, 0.29) is 0 Å². The van der Waals surface area contributed by atoms with Gasteiger partial charge in [0.1, 0.15) is 10.4 Å². The molecule has 1 heterocycles. The summed E-state index contributed by atoms with van der Waals surface area (Å²) >= 11 is 3.34. The first-order chi connectivity index (χ1) is 4.86. The highest BCUT2D eigenvalue weighted by atomic mass is 79.9. The molecule has 0 atom stereocenters. The van der Waals surface area contributed by atoms with Crippen LogP contribution in [-0.2, 0) is 0 Å². The third-order valence-electron chi connectivity index (χ3n) is 2.06. The van der Waals surface area contributed by atoms with E-state index in [0.29, 0.717) is 5.92 Å². The highest BCUT2D eigenvalue weighted by Crippen LogP contribution is 2.34. The zero-order valence-corrected chi connectivity index (χ0v) is 7.19. The summed E-state index contributed by atoms with van der Waals surface area (Å²) in [5.74, 6) is 1.87. The molecule has 1 N–H and O–H groups in total. The first-order valence-electron chi connectivity index (χ1n) is 3.56. The second-order valence-electron chi connectivity index (χ2n) is 2.74. The van der Waals surface area contributed by atoms with Crippen LogP contribution >= 0.6 is 15.9 Å². The monoisotopic (exact) mass is 200 g/mol. The largest absolute Gasteiger partial charge is 0.337 e. The number of rotatable bonds is 1. The van der Waals surface area contributed by atoms with Gasteiger partial charge in [0.2, 0.25) is 0 Å². The zero-order chi connectivity index (χ0) is 6.97. The molecule has 3 heteroatoms. The van der Waals surface area contributed by atoms with E-state index < -0.39 is 0 Å². The molecular weight excluding hydrogens is 192 g/mol. The molecule has 1 saturated carbocycles. The number of hydrogen-bond acceptors (Lipinski definition) is 1. The van der Waals surface area contributed by atoms with Crippen LogP contribution < -0.4 is 0 Å². The third kappa shape index (κ3) is 0.985. The number of nitrogens with zero attached hydrogens (tertiary/aromatic N) is 1. The van der Waals surface area contributed by atoms with E-state index in [1.807, 2.05) is 6.20 Å². The van der Waals surface area contributed by atoms with Gasteiger partial charge in [-0.15, -0.1) is 0 Å². The topological polar surface area (TPSA) is 28.7 Å². The van der Waals surface area contributed by atoms with Crippen molar-refractivity contribution in [1.29, 1.82) is 0 Å². The first-order valence-corrected chi connectivity index (χ1v) is 4.36. The van der Waals surface area contributed by atoms with Gasteiger partial charge in [0, 0.05) is 5.92 Å². The molecule has 0 amide bonds. The maximum atomic E-state index is 4.24. The summed E-state index contributed by atoms with van der Waals surface area (Å²) in [5.41, 5.74) is 0. The molecule has 1 aromatic rings. The second-order valence-corrected chi connectivity index (χ2v) is 3.60. The van der Waals surface area contributed by atoms with Gasteiger partial charge in [0.25, 0.3) is 0 Å². The van der Waals surface area contributed by atoms with Gasteiger partial charge in [-0.1, -0.05) is 6.42 Å². The van der Waals surface area contributed by atoms with Crippen molar-refractivity contribution < 1.29 is 0 Å². The fourth-order valence-corrected chi connectivity index (χ4v) is 1.51. The Morgan fingerprint density at radius 1 is 1.60 bits per heavy atom. The van der Waals surface area contributed by atoms with Crippen LogP contribution in [0.1, 0.15) is 31.0 Å². The van der Waals surface area contributed by atoms with Crippen LogP contribution in [0, 0.1) is 0 Å². The summed E-state index contributed by atoms with van der Waals surface area (Å²) in [7, 11) is 0. The lowest BCUT2D eigenvalue weighted by Crippen LogP contribution is -2.09. The van der Waals surface area contributed by atoms with Crippen molar-refractivity contribution in [1.82, 2.24) is 9.97 Å². The van der Waals surface area contributed by atoms with Gasteiger partial charge in [0.15, 0.2) is 0 Å². The molecule has 0 radical (unpaired) electrons. The lowest BCUT2D eigenvalue weighted by Gasteiger charge is -2.22. The molecule has 54 valence electrons. The molecular formula is C7H9BrN2. The van der Waals surface area contributed by atoms with Crippen LogP contribution in [0.2, 0.25) is 0 Å². The molecule has 0 aliphatic heterocycles. The molecule has 2 rings (SSSR count). The van der Waals surface area contributed by atoms with Crippen LogP contribution in [0.5, 0.6) is 0 Å². The average Bonchev–Trinajstić information content (AvgIpc) is 2.10. The summed E-state index contributed by atoms with van der Waals surface area (Å²) in [4.78, 5) is 7.42. The smallest absolute Gasteiger partial charge is 0.110 e. The Morgan fingerprint density at radius 2 is 2.40 bits per heavy atom. The Bertz CT molecular complexity index is 227. The minimum Gasteiger partial charge on any atom is -0.337 e. The Labute approximate surface area is 68.2 Å². The summed E-state index contributed by atoms with van der Waals surface area (Å²) in [6.45, 7) is 0. The number of halogens is 1. The molecule has 0 saturated heterocycles. The van der Waals surface area contributed by atoms with Crippen LogP contribution in [0.25, 0.3) is 0 Å². The predicted octanol–water partition coefficient (Wildman–Crippen LogP) is 2.44. The van der Waals surface area contributed by atoms with Crippen LogP contribution in [-0.4, -0.2) is 9.97 Å². The van der Waals surface area contributed by atoms with E-state index >= 15 is 0 Å². The fourth-order valence-electron chi connectivity index (χ4n) is 1.20. The normalized spacial score (nSPS) is 18.9.